The molecule has 0 spiro atoms. The standard InChI is InChI=1S/C11H13F3N2O3S/c1-7(2)15-10(17)16-20(18,19)9-6-4-3-5-8(9)11(12,13)14/h3-7H,1-2H3,(H2,15,16,17). The highest BCUT2D eigenvalue weighted by atomic mass is 32.2. The molecule has 0 saturated heterocycles. The van der Waals surface area contributed by atoms with E-state index < -0.39 is 32.7 Å². The number of carbonyl (C=O) groups excluding carboxylic acids is 1. The molecule has 0 atom stereocenters. The molecule has 1 rings (SSSR count). The lowest BCUT2D eigenvalue weighted by atomic mass is 10.2. The molecular weight excluding hydrogens is 297 g/mol. The van der Waals surface area contributed by atoms with Crippen molar-refractivity contribution >= 4 is 16.1 Å². The van der Waals surface area contributed by atoms with Crippen LogP contribution in [0.1, 0.15) is 19.4 Å². The highest BCUT2D eigenvalue weighted by Gasteiger charge is 2.37. The second-order valence-corrected chi connectivity index (χ2v) is 5.88. The van der Waals surface area contributed by atoms with Gasteiger partial charge in [-0.05, 0) is 26.0 Å². The van der Waals surface area contributed by atoms with E-state index in [0.717, 1.165) is 18.2 Å². The number of nitrogens with one attached hydrogen (secondary N) is 2. The molecule has 112 valence electrons. The molecule has 2 N–H and O–H groups in total. The van der Waals surface area contributed by atoms with Gasteiger partial charge >= 0.3 is 12.2 Å². The van der Waals surface area contributed by atoms with Crippen molar-refractivity contribution < 1.29 is 26.4 Å². The van der Waals surface area contributed by atoms with Crippen LogP contribution in [0.3, 0.4) is 0 Å². The number of sulfonamides is 1. The lowest BCUT2D eigenvalue weighted by Gasteiger charge is -2.14. The fraction of sp³-hybridized carbons (Fsp3) is 0.364. The smallest absolute Gasteiger partial charge is 0.335 e. The Bertz CT molecular complexity index is 597. The van der Waals surface area contributed by atoms with Gasteiger partial charge in [0.2, 0.25) is 0 Å². The van der Waals surface area contributed by atoms with E-state index in [-0.39, 0.29) is 6.04 Å². The van der Waals surface area contributed by atoms with E-state index in [1.807, 2.05) is 0 Å². The first-order valence-electron chi connectivity index (χ1n) is 5.53. The van der Waals surface area contributed by atoms with E-state index in [9.17, 15) is 26.4 Å². The molecule has 1 aromatic rings. The van der Waals surface area contributed by atoms with Gasteiger partial charge in [-0.2, -0.15) is 13.2 Å². The number of rotatable bonds is 3. The molecule has 1 aromatic carbocycles. The minimum absolute atomic E-state index is 0.358. The predicted octanol–water partition coefficient (Wildman–Crippen LogP) is 2.10. The second kappa shape index (κ2) is 5.70. The summed E-state index contributed by atoms with van der Waals surface area (Å²) in [6.45, 7) is 3.16. The molecule has 5 nitrogen and oxygen atoms in total. The van der Waals surface area contributed by atoms with Gasteiger partial charge in [-0.25, -0.2) is 17.9 Å². The Morgan fingerprint density at radius 1 is 1.20 bits per heavy atom. The largest absolute Gasteiger partial charge is 0.417 e. The predicted molar refractivity (Wildman–Crippen MR) is 65.4 cm³/mol. The summed E-state index contributed by atoms with van der Waals surface area (Å²) in [6, 6.07) is 2.18. The Balaban J connectivity index is 3.14. The SMILES string of the molecule is CC(C)NC(=O)NS(=O)(=O)c1ccccc1C(F)(F)F. The number of amides is 2. The van der Waals surface area contributed by atoms with Crippen LogP contribution in [0.15, 0.2) is 29.2 Å². The van der Waals surface area contributed by atoms with Crippen molar-refractivity contribution in [3.8, 4) is 0 Å². The second-order valence-electron chi connectivity index (χ2n) is 4.23. The summed E-state index contributed by atoms with van der Waals surface area (Å²) < 4.78 is 63.4. The molecule has 0 aliphatic heterocycles. The lowest BCUT2D eigenvalue weighted by Crippen LogP contribution is -2.42. The minimum atomic E-state index is -4.83. The summed E-state index contributed by atoms with van der Waals surface area (Å²) in [4.78, 5) is 10.3. The summed E-state index contributed by atoms with van der Waals surface area (Å²) in [6.07, 6.45) is -4.83. The first kappa shape index (κ1) is 16.3. The van der Waals surface area contributed by atoms with Gasteiger partial charge in [0.1, 0.15) is 0 Å². The fourth-order valence-electron chi connectivity index (χ4n) is 1.40. The number of alkyl halides is 3. The zero-order chi connectivity index (χ0) is 15.6. The molecular formula is C11H13F3N2O3S. The van der Waals surface area contributed by atoms with Crippen molar-refractivity contribution in [3.05, 3.63) is 29.8 Å². The van der Waals surface area contributed by atoms with Crippen LogP contribution in [0.4, 0.5) is 18.0 Å². The molecule has 0 aliphatic rings. The minimum Gasteiger partial charge on any atom is -0.335 e. The summed E-state index contributed by atoms with van der Waals surface area (Å²) in [5.74, 6) is 0. The first-order chi connectivity index (χ1) is 9.04. The summed E-state index contributed by atoms with van der Waals surface area (Å²) in [5, 5.41) is 2.22. The van der Waals surface area contributed by atoms with Crippen LogP contribution in [0, 0.1) is 0 Å². The van der Waals surface area contributed by atoms with Crippen LogP contribution in [-0.4, -0.2) is 20.5 Å². The van der Waals surface area contributed by atoms with Gasteiger partial charge in [0, 0.05) is 6.04 Å². The third-order valence-corrected chi connectivity index (χ3v) is 3.52. The number of halogens is 3. The highest BCUT2D eigenvalue weighted by Crippen LogP contribution is 2.33. The van der Waals surface area contributed by atoms with E-state index in [4.69, 9.17) is 0 Å². The first-order valence-corrected chi connectivity index (χ1v) is 7.02. The quantitative estimate of drug-likeness (QED) is 0.898. The Labute approximate surface area is 114 Å². The van der Waals surface area contributed by atoms with Crippen molar-refractivity contribution in [2.45, 2.75) is 31.0 Å². The maximum Gasteiger partial charge on any atom is 0.417 e. The molecule has 0 fully saturated rings. The van der Waals surface area contributed by atoms with Crippen molar-refractivity contribution in [3.63, 3.8) is 0 Å². The Morgan fingerprint density at radius 3 is 2.25 bits per heavy atom. The van der Waals surface area contributed by atoms with Crippen LogP contribution in [0.25, 0.3) is 0 Å². The summed E-state index contributed by atoms with van der Waals surface area (Å²) in [5.41, 5.74) is -1.33. The van der Waals surface area contributed by atoms with Gasteiger partial charge in [-0.3, -0.25) is 0 Å². The molecule has 0 aliphatic carbocycles. The number of urea groups is 1. The zero-order valence-electron chi connectivity index (χ0n) is 10.7. The van der Waals surface area contributed by atoms with E-state index in [1.54, 1.807) is 13.8 Å². The van der Waals surface area contributed by atoms with E-state index >= 15 is 0 Å². The van der Waals surface area contributed by atoms with Crippen LogP contribution >= 0.6 is 0 Å². The Hall–Kier alpha value is -1.77. The van der Waals surface area contributed by atoms with Crippen molar-refractivity contribution in [2.75, 3.05) is 0 Å². The van der Waals surface area contributed by atoms with Crippen molar-refractivity contribution in [1.82, 2.24) is 10.0 Å². The molecule has 0 heterocycles. The maximum atomic E-state index is 12.7. The van der Waals surface area contributed by atoms with E-state index in [1.165, 1.54) is 4.72 Å². The van der Waals surface area contributed by atoms with Crippen LogP contribution < -0.4 is 10.0 Å². The van der Waals surface area contributed by atoms with Gasteiger partial charge in [0.15, 0.2) is 0 Å². The molecule has 0 bridgehead atoms. The molecule has 0 aromatic heterocycles. The van der Waals surface area contributed by atoms with Crippen LogP contribution in [0.5, 0.6) is 0 Å². The molecule has 0 saturated carbocycles. The van der Waals surface area contributed by atoms with E-state index in [0.29, 0.717) is 6.07 Å². The summed E-state index contributed by atoms with van der Waals surface area (Å²) >= 11 is 0. The zero-order valence-corrected chi connectivity index (χ0v) is 11.5. The van der Waals surface area contributed by atoms with Crippen LogP contribution in [0.2, 0.25) is 0 Å². The third kappa shape index (κ3) is 4.12. The van der Waals surface area contributed by atoms with Crippen molar-refractivity contribution in [2.24, 2.45) is 0 Å². The highest BCUT2D eigenvalue weighted by molar-refractivity contribution is 7.90. The van der Waals surface area contributed by atoms with Gasteiger partial charge in [0.25, 0.3) is 10.0 Å². The van der Waals surface area contributed by atoms with Crippen molar-refractivity contribution in [1.29, 1.82) is 0 Å². The van der Waals surface area contributed by atoms with Gasteiger partial charge < -0.3 is 5.32 Å². The summed E-state index contributed by atoms with van der Waals surface area (Å²) in [7, 11) is -4.60. The molecule has 0 unspecified atom stereocenters. The van der Waals surface area contributed by atoms with E-state index in [2.05, 4.69) is 5.32 Å². The number of hydrogen-bond donors (Lipinski definition) is 2. The van der Waals surface area contributed by atoms with Gasteiger partial charge in [-0.1, -0.05) is 12.1 Å². The third-order valence-electron chi connectivity index (χ3n) is 2.13. The maximum absolute atomic E-state index is 12.7. The fourth-order valence-corrected chi connectivity index (χ4v) is 2.55. The number of carbonyl (C=O) groups is 1. The van der Waals surface area contributed by atoms with Gasteiger partial charge in [-0.15, -0.1) is 0 Å². The molecule has 9 heteroatoms. The molecule has 20 heavy (non-hydrogen) atoms. The van der Waals surface area contributed by atoms with Gasteiger partial charge in [0.05, 0.1) is 10.5 Å². The molecule has 0 radical (unpaired) electrons. The Morgan fingerprint density at radius 2 is 1.75 bits per heavy atom. The number of hydrogen-bond acceptors (Lipinski definition) is 3. The lowest BCUT2D eigenvalue weighted by molar-refractivity contribution is -0.139. The molecule has 2 amide bonds. The average molecular weight is 310 g/mol. The van der Waals surface area contributed by atoms with Crippen LogP contribution in [-0.2, 0) is 16.2 Å². The topological polar surface area (TPSA) is 75.3 Å². The number of benzene rings is 1. The monoisotopic (exact) mass is 310 g/mol. The average Bonchev–Trinajstić information content (AvgIpc) is 2.25. The normalized spacial score (nSPS) is 12.3. The Kier molecular flexibility index (Phi) is 4.64.